The van der Waals surface area contributed by atoms with E-state index in [1.807, 2.05) is 38.1 Å². The standard InChI is InChI=1S/C31H28ClNO6/c1-3-5-17-38-31(36)20-6-11-22(12-7-20)33-27(19-8-13-23(14-9-19)37-16-4-2)26-28(34)24-18-21(32)10-15-25(24)39-29(26)30(33)35/h6-15,18,27H,3-5,16-17H2,1-2H3. The number of rotatable bonds is 9. The Bertz CT molecular complexity index is 1580. The summed E-state index contributed by atoms with van der Waals surface area (Å²) in [5, 5.41) is 0.695. The fourth-order valence-corrected chi connectivity index (χ4v) is 4.82. The van der Waals surface area contributed by atoms with Gasteiger partial charge in [-0.3, -0.25) is 14.5 Å². The maximum absolute atomic E-state index is 13.8. The van der Waals surface area contributed by atoms with E-state index in [1.165, 1.54) is 4.90 Å². The summed E-state index contributed by atoms with van der Waals surface area (Å²) in [4.78, 5) is 41.5. The molecule has 2 heterocycles. The summed E-state index contributed by atoms with van der Waals surface area (Å²) in [5.74, 6) is -0.201. The molecule has 5 rings (SSSR count). The van der Waals surface area contributed by atoms with Crippen molar-refractivity contribution in [3.05, 3.63) is 104 Å². The van der Waals surface area contributed by atoms with E-state index in [1.54, 1.807) is 42.5 Å². The zero-order chi connectivity index (χ0) is 27.5. The van der Waals surface area contributed by atoms with Crippen molar-refractivity contribution in [3.63, 3.8) is 0 Å². The molecular weight excluding hydrogens is 518 g/mol. The molecule has 0 saturated carbocycles. The van der Waals surface area contributed by atoms with Crippen LogP contribution in [-0.4, -0.2) is 25.1 Å². The van der Waals surface area contributed by atoms with Gasteiger partial charge in [-0.05, 0) is 73.0 Å². The zero-order valence-electron chi connectivity index (χ0n) is 21.7. The van der Waals surface area contributed by atoms with Crippen LogP contribution in [0.4, 0.5) is 5.69 Å². The highest BCUT2D eigenvalue weighted by molar-refractivity contribution is 6.31. The van der Waals surface area contributed by atoms with E-state index in [2.05, 4.69) is 0 Å². The Labute approximate surface area is 230 Å². The molecule has 4 aromatic rings. The number of carbonyl (C=O) groups is 2. The topological polar surface area (TPSA) is 86.0 Å². The van der Waals surface area contributed by atoms with Gasteiger partial charge < -0.3 is 13.9 Å². The Balaban J connectivity index is 1.59. The SMILES string of the molecule is CCCCOC(=O)c1ccc(N2C(=O)c3oc4ccc(Cl)cc4c(=O)c3C2c2ccc(OCCC)cc2)cc1. The molecule has 0 fully saturated rings. The van der Waals surface area contributed by atoms with E-state index in [0.717, 1.165) is 19.3 Å². The molecule has 1 aliphatic heterocycles. The fraction of sp³-hybridized carbons (Fsp3) is 0.258. The van der Waals surface area contributed by atoms with Crippen LogP contribution in [0.5, 0.6) is 5.75 Å². The van der Waals surface area contributed by atoms with Crippen LogP contribution < -0.4 is 15.1 Å². The maximum atomic E-state index is 13.8. The molecule has 0 spiro atoms. The van der Waals surface area contributed by atoms with Crippen LogP contribution in [-0.2, 0) is 4.74 Å². The second-order valence-electron chi connectivity index (χ2n) is 9.35. The minimum atomic E-state index is -0.755. The van der Waals surface area contributed by atoms with Gasteiger partial charge in [0.05, 0.1) is 35.8 Å². The highest BCUT2D eigenvalue weighted by atomic mass is 35.5. The Morgan fingerprint density at radius 3 is 2.38 bits per heavy atom. The fourth-order valence-electron chi connectivity index (χ4n) is 4.64. The third kappa shape index (κ3) is 5.14. The van der Waals surface area contributed by atoms with Crippen LogP contribution in [0.25, 0.3) is 11.0 Å². The van der Waals surface area contributed by atoms with Gasteiger partial charge in [0.15, 0.2) is 5.43 Å². The summed E-state index contributed by atoms with van der Waals surface area (Å²) < 4.78 is 17.0. The Kier molecular flexibility index (Phi) is 7.70. The molecule has 200 valence electrons. The average molecular weight is 546 g/mol. The Morgan fingerprint density at radius 1 is 0.949 bits per heavy atom. The molecular formula is C31H28ClNO6. The van der Waals surface area contributed by atoms with Gasteiger partial charge in [-0.15, -0.1) is 0 Å². The quantitative estimate of drug-likeness (QED) is 0.167. The molecule has 3 aromatic carbocycles. The number of amides is 1. The first-order chi connectivity index (χ1) is 18.9. The lowest BCUT2D eigenvalue weighted by molar-refractivity contribution is 0.0499. The number of halogens is 1. The molecule has 1 atom stereocenters. The van der Waals surface area contributed by atoms with Crippen LogP contribution in [0.1, 0.15) is 71.2 Å². The summed E-state index contributed by atoms with van der Waals surface area (Å²) in [6.45, 7) is 4.98. The number of nitrogens with zero attached hydrogens (tertiary/aromatic N) is 1. The van der Waals surface area contributed by atoms with Gasteiger partial charge in [0.2, 0.25) is 5.76 Å². The number of anilines is 1. The second kappa shape index (κ2) is 11.3. The minimum absolute atomic E-state index is 0.0193. The highest BCUT2D eigenvalue weighted by Gasteiger charge is 2.43. The number of benzene rings is 3. The van der Waals surface area contributed by atoms with Crippen LogP contribution in [0, 0.1) is 0 Å². The molecule has 8 heteroatoms. The molecule has 7 nitrogen and oxygen atoms in total. The van der Waals surface area contributed by atoms with Gasteiger partial charge >= 0.3 is 5.97 Å². The van der Waals surface area contributed by atoms with E-state index in [0.29, 0.717) is 46.2 Å². The minimum Gasteiger partial charge on any atom is -0.494 e. The van der Waals surface area contributed by atoms with E-state index in [4.69, 9.17) is 25.5 Å². The van der Waals surface area contributed by atoms with Crippen molar-refractivity contribution in [2.24, 2.45) is 0 Å². The largest absolute Gasteiger partial charge is 0.494 e. The summed E-state index contributed by atoms with van der Waals surface area (Å²) >= 11 is 6.18. The van der Waals surface area contributed by atoms with Gasteiger partial charge in [-0.1, -0.05) is 44.0 Å². The summed E-state index contributed by atoms with van der Waals surface area (Å²) in [6, 6.07) is 17.9. The number of carbonyl (C=O) groups excluding carboxylic acids is 2. The smallest absolute Gasteiger partial charge is 0.338 e. The molecule has 0 saturated heterocycles. The molecule has 1 amide bonds. The van der Waals surface area contributed by atoms with Crippen molar-refractivity contribution in [2.45, 2.75) is 39.2 Å². The second-order valence-corrected chi connectivity index (χ2v) is 9.78. The summed E-state index contributed by atoms with van der Waals surface area (Å²) in [6.07, 6.45) is 2.58. The zero-order valence-corrected chi connectivity index (χ0v) is 22.5. The lowest BCUT2D eigenvalue weighted by Gasteiger charge is -2.25. The summed E-state index contributed by atoms with van der Waals surface area (Å²) in [7, 11) is 0. The number of unbranched alkanes of at least 4 members (excludes halogenated alkanes) is 1. The van der Waals surface area contributed by atoms with E-state index in [-0.39, 0.29) is 22.3 Å². The predicted octanol–water partition coefficient (Wildman–Crippen LogP) is 6.94. The molecule has 39 heavy (non-hydrogen) atoms. The molecule has 1 aromatic heterocycles. The van der Waals surface area contributed by atoms with Gasteiger partial charge in [0.25, 0.3) is 5.91 Å². The van der Waals surface area contributed by atoms with Crippen LogP contribution >= 0.6 is 11.6 Å². The number of esters is 1. The molecule has 1 aliphatic rings. The number of fused-ring (bicyclic) bond motifs is 2. The molecule has 0 radical (unpaired) electrons. The normalized spacial score (nSPS) is 14.5. The predicted molar refractivity (Wildman–Crippen MR) is 150 cm³/mol. The monoisotopic (exact) mass is 545 g/mol. The van der Waals surface area contributed by atoms with Crippen molar-refractivity contribution < 1.29 is 23.5 Å². The van der Waals surface area contributed by atoms with Crippen molar-refractivity contribution in [2.75, 3.05) is 18.1 Å². The number of hydrogen-bond donors (Lipinski definition) is 0. The molecule has 0 bridgehead atoms. The molecule has 0 aliphatic carbocycles. The van der Waals surface area contributed by atoms with Crippen molar-refractivity contribution in [1.29, 1.82) is 0 Å². The van der Waals surface area contributed by atoms with E-state index in [9.17, 15) is 14.4 Å². The summed E-state index contributed by atoms with van der Waals surface area (Å²) in [5.41, 5.74) is 1.79. The first-order valence-electron chi connectivity index (χ1n) is 13.0. The Hall–Kier alpha value is -4.10. The van der Waals surface area contributed by atoms with Crippen molar-refractivity contribution >= 4 is 40.1 Å². The van der Waals surface area contributed by atoms with Gasteiger partial charge in [-0.2, -0.15) is 0 Å². The van der Waals surface area contributed by atoms with E-state index >= 15 is 0 Å². The van der Waals surface area contributed by atoms with Gasteiger partial charge in [0, 0.05) is 10.7 Å². The maximum Gasteiger partial charge on any atom is 0.338 e. The van der Waals surface area contributed by atoms with E-state index < -0.39 is 17.9 Å². The van der Waals surface area contributed by atoms with Crippen molar-refractivity contribution in [3.8, 4) is 5.75 Å². The first-order valence-corrected chi connectivity index (χ1v) is 13.4. The number of hydrogen-bond acceptors (Lipinski definition) is 6. The van der Waals surface area contributed by atoms with Gasteiger partial charge in [-0.25, -0.2) is 4.79 Å². The van der Waals surface area contributed by atoms with Gasteiger partial charge in [0.1, 0.15) is 11.3 Å². The Morgan fingerprint density at radius 2 is 1.69 bits per heavy atom. The first kappa shape index (κ1) is 26.5. The highest BCUT2D eigenvalue weighted by Crippen LogP contribution is 2.41. The van der Waals surface area contributed by atoms with Crippen LogP contribution in [0.15, 0.2) is 75.9 Å². The number of ether oxygens (including phenoxy) is 2. The van der Waals surface area contributed by atoms with Crippen LogP contribution in [0.2, 0.25) is 5.02 Å². The lowest BCUT2D eigenvalue weighted by atomic mass is 9.98. The third-order valence-electron chi connectivity index (χ3n) is 6.61. The third-order valence-corrected chi connectivity index (χ3v) is 6.85. The van der Waals surface area contributed by atoms with Crippen LogP contribution in [0.3, 0.4) is 0 Å². The average Bonchev–Trinajstić information content (AvgIpc) is 3.25. The lowest BCUT2D eigenvalue weighted by Crippen LogP contribution is -2.29. The molecule has 0 N–H and O–H groups in total. The molecule has 1 unspecified atom stereocenters. The van der Waals surface area contributed by atoms with Crippen molar-refractivity contribution in [1.82, 2.24) is 0 Å².